The minimum absolute atomic E-state index is 0.0437. The van der Waals surface area contributed by atoms with Gasteiger partial charge in [-0.3, -0.25) is 9.59 Å². The SMILES string of the molecule is COC(=O)c1scc(C)c1NC(=O)[C@H]1CC[C@H](N2CCCC2=O)CC1. The number of esters is 1. The molecule has 2 amide bonds. The van der Waals surface area contributed by atoms with Crippen LogP contribution in [0, 0.1) is 12.8 Å². The van der Waals surface area contributed by atoms with Gasteiger partial charge in [-0.1, -0.05) is 0 Å². The van der Waals surface area contributed by atoms with E-state index >= 15 is 0 Å². The van der Waals surface area contributed by atoms with Gasteiger partial charge in [-0.2, -0.15) is 0 Å². The third kappa shape index (κ3) is 3.71. The summed E-state index contributed by atoms with van der Waals surface area (Å²) in [5, 5.41) is 4.77. The van der Waals surface area contributed by atoms with Crippen LogP contribution in [0.25, 0.3) is 0 Å². The van der Waals surface area contributed by atoms with Crippen molar-refractivity contribution in [1.82, 2.24) is 4.90 Å². The first kappa shape index (κ1) is 17.9. The van der Waals surface area contributed by atoms with Crippen LogP contribution in [0.4, 0.5) is 5.69 Å². The van der Waals surface area contributed by atoms with E-state index in [0.717, 1.165) is 44.2 Å². The molecule has 1 saturated carbocycles. The van der Waals surface area contributed by atoms with Gasteiger partial charge in [-0.25, -0.2) is 4.79 Å². The van der Waals surface area contributed by atoms with Gasteiger partial charge in [0, 0.05) is 24.9 Å². The molecular formula is C18H24N2O4S. The summed E-state index contributed by atoms with van der Waals surface area (Å²) in [5.74, 6) is -0.286. The highest BCUT2D eigenvalue weighted by Gasteiger charge is 2.34. The first-order valence-corrected chi connectivity index (χ1v) is 9.66. The summed E-state index contributed by atoms with van der Waals surface area (Å²) in [6, 6.07) is 0.285. The molecule has 1 saturated heterocycles. The van der Waals surface area contributed by atoms with E-state index in [9.17, 15) is 14.4 Å². The monoisotopic (exact) mass is 364 g/mol. The smallest absolute Gasteiger partial charge is 0.350 e. The fourth-order valence-corrected chi connectivity index (χ4v) is 4.69. The van der Waals surface area contributed by atoms with Crippen molar-refractivity contribution in [2.75, 3.05) is 19.0 Å². The first-order chi connectivity index (χ1) is 12.0. The third-order valence-electron chi connectivity index (χ3n) is 5.21. The lowest BCUT2D eigenvalue weighted by molar-refractivity contribution is -0.130. The Morgan fingerprint density at radius 3 is 2.60 bits per heavy atom. The molecule has 0 atom stereocenters. The van der Waals surface area contributed by atoms with Gasteiger partial charge in [-0.05, 0) is 50.0 Å². The molecule has 6 nitrogen and oxygen atoms in total. The molecule has 0 aromatic carbocycles. The van der Waals surface area contributed by atoms with Crippen LogP contribution in [-0.2, 0) is 14.3 Å². The van der Waals surface area contributed by atoms with Crippen molar-refractivity contribution < 1.29 is 19.1 Å². The van der Waals surface area contributed by atoms with Gasteiger partial charge in [0.25, 0.3) is 0 Å². The standard InChI is InChI=1S/C18H24N2O4S/c1-11-10-25-16(18(23)24-2)15(11)19-17(22)12-5-7-13(8-6-12)20-9-3-4-14(20)21/h10,12-13H,3-9H2,1-2H3,(H,19,22)/t12-,13-. The average Bonchev–Trinajstić information content (AvgIpc) is 3.21. The fraction of sp³-hybridized carbons (Fsp3) is 0.611. The predicted octanol–water partition coefficient (Wildman–Crippen LogP) is 2.96. The number of carbonyl (C=O) groups excluding carboxylic acids is 3. The minimum atomic E-state index is -0.426. The van der Waals surface area contributed by atoms with Crippen LogP contribution >= 0.6 is 11.3 Å². The number of hydrogen-bond donors (Lipinski definition) is 1. The topological polar surface area (TPSA) is 75.7 Å². The Morgan fingerprint density at radius 1 is 1.28 bits per heavy atom. The number of carbonyl (C=O) groups is 3. The van der Waals surface area contributed by atoms with E-state index in [0.29, 0.717) is 17.0 Å². The summed E-state index contributed by atoms with van der Waals surface area (Å²) in [6.07, 6.45) is 4.90. The maximum Gasteiger partial charge on any atom is 0.350 e. The predicted molar refractivity (Wildman–Crippen MR) is 95.7 cm³/mol. The van der Waals surface area contributed by atoms with Crippen LogP contribution in [0.2, 0.25) is 0 Å². The van der Waals surface area contributed by atoms with E-state index < -0.39 is 5.97 Å². The molecule has 7 heteroatoms. The summed E-state index contributed by atoms with van der Waals surface area (Å²) < 4.78 is 4.78. The summed E-state index contributed by atoms with van der Waals surface area (Å²) in [6.45, 7) is 2.73. The summed E-state index contributed by atoms with van der Waals surface area (Å²) >= 11 is 1.28. The van der Waals surface area contributed by atoms with E-state index in [1.807, 2.05) is 17.2 Å². The number of ether oxygens (including phenoxy) is 1. The van der Waals surface area contributed by atoms with Crippen LogP contribution in [0.3, 0.4) is 0 Å². The minimum Gasteiger partial charge on any atom is -0.465 e. The van der Waals surface area contributed by atoms with Crippen molar-refractivity contribution >= 4 is 34.8 Å². The summed E-state index contributed by atoms with van der Waals surface area (Å²) in [7, 11) is 1.34. The van der Waals surface area contributed by atoms with E-state index in [-0.39, 0.29) is 23.8 Å². The number of aryl methyl sites for hydroxylation is 1. The molecular weight excluding hydrogens is 340 g/mol. The highest BCUT2D eigenvalue weighted by Crippen LogP contribution is 2.33. The molecule has 2 heterocycles. The van der Waals surface area contributed by atoms with Gasteiger partial charge in [0.2, 0.25) is 11.8 Å². The molecule has 1 aliphatic carbocycles. The molecule has 1 aromatic rings. The molecule has 25 heavy (non-hydrogen) atoms. The molecule has 2 aliphatic rings. The number of rotatable bonds is 4. The van der Waals surface area contributed by atoms with E-state index in [1.54, 1.807) is 0 Å². The number of methoxy groups -OCH3 is 1. The molecule has 3 rings (SSSR count). The van der Waals surface area contributed by atoms with Gasteiger partial charge < -0.3 is 15.0 Å². The van der Waals surface area contributed by atoms with Crippen LogP contribution in [0.15, 0.2) is 5.38 Å². The van der Waals surface area contributed by atoms with Crippen LogP contribution in [-0.4, -0.2) is 42.4 Å². The Labute approximate surface area is 151 Å². The highest BCUT2D eigenvalue weighted by atomic mass is 32.1. The van der Waals surface area contributed by atoms with E-state index in [1.165, 1.54) is 18.4 Å². The zero-order valence-electron chi connectivity index (χ0n) is 14.7. The first-order valence-electron chi connectivity index (χ1n) is 8.78. The maximum atomic E-state index is 12.6. The van der Waals surface area contributed by atoms with E-state index in [2.05, 4.69) is 5.32 Å². The van der Waals surface area contributed by atoms with Gasteiger partial charge in [0.05, 0.1) is 12.8 Å². The lowest BCUT2D eigenvalue weighted by atomic mass is 9.84. The van der Waals surface area contributed by atoms with Crippen molar-refractivity contribution in [3.63, 3.8) is 0 Å². The van der Waals surface area contributed by atoms with Gasteiger partial charge in [0.1, 0.15) is 4.88 Å². The molecule has 1 aromatic heterocycles. The Morgan fingerprint density at radius 2 is 2.00 bits per heavy atom. The lowest BCUT2D eigenvalue weighted by Crippen LogP contribution is -2.40. The van der Waals surface area contributed by atoms with E-state index in [4.69, 9.17) is 4.74 Å². The molecule has 2 fully saturated rings. The van der Waals surface area contributed by atoms with Crippen LogP contribution in [0.5, 0.6) is 0 Å². The highest BCUT2D eigenvalue weighted by molar-refractivity contribution is 7.12. The van der Waals surface area contributed by atoms with Crippen molar-refractivity contribution in [2.24, 2.45) is 5.92 Å². The molecule has 0 unspecified atom stereocenters. The normalized spacial score (nSPS) is 23.6. The number of anilines is 1. The number of hydrogen-bond acceptors (Lipinski definition) is 5. The number of thiophene rings is 1. The molecule has 0 bridgehead atoms. The number of nitrogens with one attached hydrogen (secondary N) is 1. The lowest BCUT2D eigenvalue weighted by Gasteiger charge is -2.34. The van der Waals surface area contributed by atoms with Gasteiger partial charge in [-0.15, -0.1) is 11.3 Å². The third-order valence-corrected chi connectivity index (χ3v) is 6.29. The molecule has 0 spiro atoms. The largest absolute Gasteiger partial charge is 0.465 e. The van der Waals surface area contributed by atoms with Crippen LogP contribution in [0.1, 0.15) is 53.8 Å². The van der Waals surface area contributed by atoms with Crippen molar-refractivity contribution in [3.05, 3.63) is 15.8 Å². The Kier molecular flexibility index (Phi) is 5.42. The molecule has 136 valence electrons. The number of amides is 2. The van der Waals surface area contributed by atoms with Gasteiger partial charge >= 0.3 is 5.97 Å². The summed E-state index contributed by atoms with van der Waals surface area (Å²) in [5.41, 5.74) is 1.44. The zero-order valence-corrected chi connectivity index (χ0v) is 15.5. The molecule has 1 N–H and O–H groups in total. The number of likely N-dealkylation sites (tertiary alicyclic amines) is 1. The number of nitrogens with zero attached hydrogens (tertiary/aromatic N) is 1. The Balaban J connectivity index is 1.59. The van der Waals surface area contributed by atoms with Crippen molar-refractivity contribution in [1.29, 1.82) is 0 Å². The second-order valence-electron chi connectivity index (χ2n) is 6.80. The average molecular weight is 364 g/mol. The van der Waals surface area contributed by atoms with Crippen molar-refractivity contribution in [2.45, 2.75) is 51.5 Å². The Bertz CT molecular complexity index is 677. The van der Waals surface area contributed by atoms with Gasteiger partial charge in [0.15, 0.2) is 0 Å². The quantitative estimate of drug-likeness (QED) is 0.834. The Hall–Kier alpha value is -1.89. The second kappa shape index (κ2) is 7.56. The van der Waals surface area contributed by atoms with Crippen LogP contribution < -0.4 is 5.32 Å². The zero-order chi connectivity index (χ0) is 18.0. The van der Waals surface area contributed by atoms with Crippen molar-refractivity contribution in [3.8, 4) is 0 Å². The molecule has 1 aliphatic heterocycles. The maximum absolute atomic E-state index is 12.6. The molecule has 0 radical (unpaired) electrons. The summed E-state index contributed by atoms with van der Waals surface area (Å²) in [4.78, 5) is 38.8. The fourth-order valence-electron chi connectivity index (χ4n) is 3.77. The second-order valence-corrected chi connectivity index (χ2v) is 7.68.